The Labute approximate surface area is 71.1 Å². The molecule has 0 fully saturated rings. The summed E-state index contributed by atoms with van der Waals surface area (Å²) in [6, 6.07) is 3.51. The predicted octanol–water partition coefficient (Wildman–Crippen LogP) is 0.798. The van der Waals surface area contributed by atoms with E-state index in [1.54, 1.807) is 25.4 Å². The number of halogens is 1. The van der Waals surface area contributed by atoms with Crippen molar-refractivity contribution in [2.45, 2.75) is 0 Å². The molecule has 0 spiro atoms. The number of hydrazine groups is 1. The molecular formula is C6H10ClN3O. The topological polar surface area (TPSA) is 60.2 Å². The van der Waals surface area contributed by atoms with Crippen LogP contribution in [0.5, 0.6) is 5.75 Å². The fourth-order valence-corrected chi connectivity index (χ4v) is 0.586. The molecule has 3 N–H and O–H groups in total. The van der Waals surface area contributed by atoms with E-state index in [1.807, 2.05) is 0 Å². The largest absolute Gasteiger partial charge is 0.495 e. The van der Waals surface area contributed by atoms with Crippen LogP contribution in [0.25, 0.3) is 0 Å². The molecule has 11 heavy (non-hydrogen) atoms. The van der Waals surface area contributed by atoms with Crippen LogP contribution in [0.1, 0.15) is 0 Å². The van der Waals surface area contributed by atoms with Crippen molar-refractivity contribution in [3.05, 3.63) is 18.3 Å². The maximum absolute atomic E-state index is 5.09. The van der Waals surface area contributed by atoms with E-state index in [2.05, 4.69) is 10.4 Å². The van der Waals surface area contributed by atoms with Crippen LogP contribution in [-0.2, 0) is 0 Å². The molecule has 0 saturated carbocycles. The molecule has 0 bridgehead atoms. The van der Waals surface area contributed by atoms with Crippen molar-refractivity contribution >= 4 is 18.2 Å². The Morgan fingerprint density at radius 2 is 2.27 bits per heavy atom. The van der Waals surface area contributed by atoms with Gasteiger partial charge in [0.15, 0.2) is 0 Å². The summed E-state index contributed by atoms with van der Waals surface area (Å²) in [4.78, 5) is 3.91. The van der Waals surface area contributed by atoms with Gasteiger partial charge in [0.05, 0.1) is 13.3 Å². The summed E-state index contributed by atoms with van der Waals surface area (Å²) in [6.45, 7) is 0. The van der Waals surface area contributed by atoms with Gasteiger partial charge in [-0.15, -0.1) is 12.4 Å². The van der Waals surface area contributed by atoms with Crippen molar-refractivity contribution in [1.29, 1.82) is 0 Å². The Morgan fingerprint density at radius 3 is 2.64 bits per heavy atom. The number of nitrogens with one attached hydrogen (secondary N) is 1. The molecule has 4 nitrogen and oxygen atoms in total. The van der Waals surface area contributed by atoms with Crippen LogP contribution in [0.4, 0.5) is 5.82 Å². The van der Waals surface area contributed by atoms with Gasteiger partial charge in [0.25, 0.3) is 0 Å². The van der Waals surface area contributed by atoms with Crippen LogP contribution < -0.4 is 16.0 Å². The lowest BCUT2D eigenvalue weighted by Crippen LogP contribution is -2.07. The highest BCUT2D eigenvalue weighted by Crippen LogP contribution is 2.09. The van der Waals surface area contributed by atoms with E-state index in [9.17, 15) is 0 Å². The molecule has 1 aromatic heterocycles. The Kier molecular flexibility index (Phi) is 4.33. The summed E-state index contributed by atoms with van der Waals surface area (Å²) < 4.78 is 4.88. The van der Waals surface area contributed by atoms with Crippen molar-refractivity contribution in [3.63, 3.8) is 0 Å². The second-order valence-electron chi connectivity index (χ2n) is 1.73. The minimum atomic E-state index is 0. The van der Waals surface area contributed by atoms with E-state index in [4.69, 9.17) is 10.6 Å². The second kappa shape index (κ2) is 4.76. The molecule has 1 aromatic rings. The van der Waals surface area contributed by atoms with Crippen molar-refractivity contribution in [2.75, 3.05) is 12.5 Å². The summed E-state index contributed by atoms with van der Waals surface area (Å²) in [5.41, 5.74) is 2.41. The number of hydrogen-bond donors (Lipinski definition) is 2. The van der Waals surface area contributed by atoms with Gasteiger partial charge in [-0.2, -0.15) is 0 Å². The molecule has 5 heteroatoms. The van der Waals surface area contributed by atoms with Crippen LogP contribution >= 0.6 is 12.4 Å². The average molecular weight is 176 g/mol. The highest BCUT2D eigenvalue weighted by atomic mass is 35.5. The molecule has 1 heterocycles. The minimum Gasteiger partial charge on any atom is -0.495 e. The first-order valence-electron chi connectivity index (χ1n) is 2.83. The first kappa shape index (κ1) is 10.0. The second-order valence-corrected chi connectivity index (χ2v) is 1.73. The molecule has 0 radical (unpaired) electrons. The summed E-state index contributed by atoms with van der Waals surface area (Å²) in [5, 5.41) is 0. The normalized spacial score (nSPS) is 8.18. The van der Waals surface area contributed by atoms with Gasteiger partial charge in [0, 0.05) is 0 Å². The molecule has 0 saturated heterocycles. The van der Waals surface area contributed by atoms with Crippen LogP contribution in [0.3, 0.4) is 0 Å². The van der Waals surface area contributed by atoms with E-state index >= 15 is 0 Å². The molecule has 0 amide bonds. The third kappa shape index (κ3) is 2.61. The number of nitrogens with zero attached hydrogens (tertiary/aromatic N) is 1. The summed E-state index contributed by atoms with van der Waals surface area (Å²) >= 11 is 0. The van der Waals surface area contributed by atoms with Gasteiger partial charge in [-0.25, -0.2) is 10.8 Å². The van der Waals surface area contributed by atoms with Crippen molar-refractivity contribution < 1.29 is 4.74 Å². The lowest BCUT2D eigenvalue weighted by molar-refractivity contribution is 0.413. The van der Waals surface area contributed by atoms with E-state index in [0.717, 1.165) is 5.75 Å². The minimum absolute atomic E-state index is 0. The molecule has 0 aromatic carbocycles. The average Bonchev–Trinajstić information content (AvgIpc) is 2.05. The van der Waals surface area contributed by atoms with Crippen LogP contribution in [0.15, 0.2) is 18.3 Å². The Bertz CT molecular complexity index is 178. The number of anilines is 1. The first-order chi connectivity index (χ1) is 4.86. The van der Waals surface area contributed by atoms with Gasteiger partial charge in [-0.1, -0.05) is 0 Å². The van der Waals surface area contributed by atoms with Gasteiger partial charge >= 0.3 is 0 Å². The summed E-state index contributed by atoms with van der Waals surface area (Å²) in [5.74, 6) is 6.44. The Hall–Kier alpha value is -1.00. The SMILES string of the molecule is COc1ccc(NN)nc1.Cl. The first-order valence-corrected chi connectivity index (χ1v) is 2.83. The standard InChI is InChI=1S/C6H9N3O.ClH/c1-10-5-2-3-6(9-7)8-4-5;/h2-4H,7H2,1H3,(H,8,9);1H. The molecule has 0 aliphatic rings. The maximum Gasteiger partial charge on any atom is 0.140 e. The zero-order valence-corrected chi connectivity index (χ0v) is 6.89. The van der Waals surface area contributed by atoms with E-state index < -0.39 is 0 Å². The quantitative estimate of drug-likeness (QED) is 0.516. The lowest BCUT2D eigenvalue weighted by Gasteiger charge is -1.99. The van der Waals surface area contributed by atoms with Crippen molar-refractivity contribution in [3.8, 4) is 5.75 Å². The zero-order valence-electron chi connectivity index (χ0n) is 6.07. The lowest BCUT2D eigenvalue weighted by atomic mass is 10.4. The molecule has 0 aliphatic carbocycles. The fraction of sp³-hybridized carbons (Fsp3) is 0.167. The number of aromatic nitrogens is 1. The van der Waals surface area contributed by atoms with E-state index in [-0.39, 0.29) is 12.4 Å². The van der Waals surface area contributed by atoms with Gasteiger partial charge < -0.3 is 10.2 Å². The third-order valence-corrected chi connectivity index (χ3v) is 1.12. The number of methoxy groups -OCH3 is 1. The fourth-order valence-electron chi connectivity index (χ4n) is 0.586. The van der Waals surface area contributed by atoms with Crippen LogP contribution in [-0.4, -0.2) is 12.1 Å². The molecule has 0 atom stereocenters. The number of nitrogens with two attached hydrogens (primary N) is 1. The van der Waals surface area contributed by atoms with Gasteiger partial charge in [0.1, 0.15) is 11.6 Å². The Balaban J connectivity index is 0.000001000. The molecule has 0 aliphatic heterocycles. The third-order valence-electron chi connectivity index (χ3n) is 1.12. The van der Waals surface area contributed by atoms with Crippen LogP contribution in [0, 0.1) is 0 Å². The van der Waals surface area contributed by atoms with Crippen molar-refractivity contribution in [1.82, 2.24) is 4.98 Å². The predicted molar refractivity (Wildman–Crippen MR) is 45.8 cm³/mol. The molecular weight excluding hydrogens is 166 g/mol. The van der Waals surface area contributed by atoms with Gasteiger partial charge in [-0.05, 0) is 12.1 Å². The number of rotatable bonds is 2. The number of nitrogen functional groups attached to an aromatic ring is 1. The summed E-state index contributed by atoms with van der Waals surface area (Å²) in [6.07, 6.45) is 1.59. The molecule has 1 rings (SSSR count). The van der Waals surface area contributed by atoms with E-state index in [1.165, 1.54) is 0 Å². The number of ether oxygens (including phenoxy) is 1. The number of hydrogen-bond acceptors (Lipinski definition) is 4. The highest BCUT2D eigenvalue weighted by Gasteiger charge is 1.90. The zero-order chi connectivity index (χ0) is 7.40. The highest BCUT2D eigenvalue weighted by molar-refractivity contribution is 5.85. The Morgan fingerprint density at radius 1 is 1.55 bits per heavy atom. The molecule has 0 unspecified atom stereocenters. The van der Waals surface area contributed by atoms with Gasteiger partial charge in [0.2, 0.25) is 0 Å². The smallest absolute Gasteiger partial charge is 0.140 e. The van der Waals surface area contributed by atoms with Crippen LogP contribution in [0.2, 0.25) is 0 Å². The van der Waals surface area contributed by atoms with Crippen molar-refractivity contribution in [2.24, 2.45) is 5.84 Å². The maximum atomic E-state index is 5.09. The van der Waals surface area contributed by atoms with Gasteiger partial charge in [-0.3, -0.25) is 0 Å². The number of pyridine rings is 1. The summed E-state index contributed by atoms with van der Waals surface area (Å²) in [7, 11) is 1.59. The monoisotopic (exact) mass is 175 g/mol. The molecule has 62 valence electrons. The van der Waals surface area contributed by atoms with E-state index in [0.29, 0.717) is 5.82 Å².